The number of hydrogen-bond acceptors (Lipinski definition) is 5. The molecular weight excluding hydrogens is 496 g/mol. The lowest BCUT2D eigenvalue weighted by Gasteiger charge is -2.23. The first kappa shape index (κ1) is 25.6. The highest BCUT2D eigenvalue weighted by molar-refractivity contribution is 7.89. The molecule has 0 amide bonds. The smallest absolute Gasteiger partial charge is 0.220 e. The van der Waals surface area contributed by atoms with Gasteiger partial charge >= 0.3 is 0 Å². The molecule has 0 aliphatic heterocycles. The highest BCUT2D eigenvalue weighted by atomic mass is 35.5. The molecule has 4 rings (SSSR count). The van der Waals surface area contributed by atoms with E-state index in [1.165, 1.54) is 0 Å². The minimum absolute atomic E-state index is 0.113. The predicted octanol–water partition coefficient (Wildman–Crippen LogP) is 4.73. The molecule has 0 saturated carbocycles. The van der Waals surface area contributed by atoms with Gasteiger partial charge in [0.25, 0.3) is 0 Å². The van der Waals surface area contributed by atoms with Gasteiger partial charge in [0.1, 0.15) is 16.8 Å². The fourth-order valence-corrected chi connectivity index (χ4v) is 5.75. The average Bonchev–Trinajstić information content (AvgIpc) is 3.13. The molecular formula is C27H27ClN4O3S. The van der Waals surface area contributed by atoms with Crippen LogP contribution in [-0.2, 0) is 16.6 Å². The van der Waals surface area contributed by atoms with Gasteiger partial charge in [-0.3, -0.25) is 4.79 Å². The zero-order valence-electron chi connectivity index (χ0n) is 20.0. The first-order chi connectivity index (χ1) is 17.2. The summed E-state index contributed by atoms with van der Waals surface area (Å²) in [5.74, 6) is 0.551. The van der Waals surface area contributed by atoms with Crippen LogP contribution >= 0.6 is 11.6 Å². The molecule has 1 aromatic heterocycles. The molecule has 1 heterocycles. The summed E-state index contributed by atoms with van der Waals surface area (Å²) in [4.78, 5) is 18.2. The number of carbonyl (C=O) groups excluding carboxylic acids is 1. The van der Waals surface area contributed by atoms with Crippen LogP contribution in [0.25, 0.3) is 11.4 Å². The van der Waals surface area contributed by atoms with Crippen molar-refractivity contribution >= 4 is 27.9 Å². The van der Waals surface area contributed by atoms with E-state index in [9.17, 15) is 13.2 Å². The Morgan fingerprint density at radius 2 is 1.92 bits per heavy atom. The van der Waals surface area contributed by atoms with Crippen molar-refractivity contribution in [3.05, 3.63) is 112 Å². The van der Waals surface area contributed by atoms with Crippen LogP contribution in [0.5, 0.6) is 0 Å². The van der Waals surface area contributed by atoms with E-state index in [4.69, 9.17) is 16.7 Å². The van der Waals surface area contributed by atoms with Crippen LogP contribution in [-0.4, -0.2) is 43.3 Å². The summed E-state index contributed by atoms with van der Waals surface area (Å²) >= 11 is 6.28. The summed E-state index contributed by atoms with van der Waals surface area (Å²) in [5, 5.41) is 4.85. The van der Waals surface area contributed by atoms with Crippen molar-refractivity contribution in [3.8, 4) is 11.4 Å². The predicted molar refractivity (Wildman–Crippen MR) is 143 cm³/mol. The molecule has 36 heavy (non-hydrogen) atoms. The number of rotatable bonds is 8. The number of nitrogens with zero attached hydrogens (tertiary/aromatic N) is 3. The molecule has 2 N–H and O–H groups in total. The number of imidazole rings is 1. The molecule has 7 nitrogen and oxygen atoms in total. The molecule has 2 aromatic carbocycles. The van der Waals surface area contributed by atoms with E-state index in [0.717, 1.165) is 16.7 Å². The maximum absolute atomic E-state index is 12.8. The third kappa shape index (κ3) is 5.67. The highest BCUT2D eigenvalue weighted by Crippen LogP contribution is 2.35. The van der Waals surface area contributed by atoms with E-state index in [2.05, 4.69) is 4.98 Å². The molecule has 1 unspecified atom stereocenters. The monoisotopic (exact) mass is 522 g/mol. The number of allylic oxidation sites excluding steroid dienone is 4. The van der Waals surface area contributed by atoms with Gasteiger partial charge in [-0.25, -0.2) is 18.5 Å². The summed E-state index contributed by atoms with van der Waals surface area (Å²) < 4.78 is 27.3. The number of aromatic nitrogens is 2. The van der Waals surface area contributed by atoms with Crippen molar-refractivity contribution < 1.29 is 13.2 Å². The van der Waals surface area contributed by atoms with E-state index < -0.39 is 15.3 Å². The molecule has 0 radical (unpaired) electrons. The SMILES string of the molecule is CN(C)C=C1C=CC=C(C(c2cccc(Cn3c(-c4ccccc4)nc(Cl)c3C=O)c2)S(N)(=O)=O)C1. The van der Waals surface area contributed by atoms with Gasteiger partial charge in [-0.15, -0.1) is 0 Å². The number of carbonyl (C=O) groups is 1. The van der Waals surface area contributed by atoms with Gasteiger partial charge in [-0.2, -0.15) is 0 Å². The van der Waals surface area contributed by atoms with Gasteiger partial charge in [0, 0.05) is 32.4 Å². The minimum atomic E-state index is -3.96. The third-order valence-corrected chi connectivity index (χ3v) is 7.33. The van der Waals surface area contributed by atoms with Crippen LogP contribution in [0, 0.1) is 0 Å². The standard InChI is InChI=1S/C27H27ClN4O3S/c1-31(2)16-19-8-6-12-22(14-19)25(36(29,34)35)23-13-7-9-20(15-23)17-32-24(18-33)26(28)30-27(32)21-10-4-3-5-11-21/h3-13,15-16,18,25H,14,17H2,1-2H3,(H2,29,34,35). The van der Waals surface area contributed by atoms with E-state index in [1.807, 2.05) is 79.8 Å². The Morgan fingerprint density at radius 1 is 1.17 bits per heavy atom. The Balaban J connectivity index is 1.74. The maximum Gasteiger partial charge on any atom is 0.220 e. The molecule has 0 spiro atoms. The second-order valence-electron chi connectivity index (χ2n) is 8.84. The fraction of sp³-hybridized carbons (Fsp3) is 0.185. The number of benzene rings is 2. The summed E-state index contributed by atoms with van der Waals surface area (Å²) in [6.07, 6.45) is 8.69. The van der Waals surface area contributed by atoms with Crippen LogP contribution in [0.2, 0.25) is 5.15 Å². The van der Waals surface area contributed by atoms with Crippen molar-refractivity contribution in [1.82, 2.24) is 14.5 Å². The lowest BCUT2D eigenvalue weighted by atomic mass is 9.93. The molecule has 1 aliphatic rings. The number of aldehydes is 1. The molecule has 3 aromatic rings. The van der Waals surface area contributed by atoms with Gasteiger partial charge in [-0.1, -0.05) is 84.4 Å². The zero-order chi connectivity index (χ0) is 25.9. The van der Waals surface area contributed by atoms with Crippen LogP contribution in [0.1, 0.15) is 33.3 Å². The summed E-state index contributed by atoms with van der Waals surface area (Å²) in [6, 6.07) is 16.7. The Hall–Kier alpha value is -3.46. The van der Waals surface area contributed by atoms with Crippen LogP contribution in [0.3, 0.4) is 0 Å². The number of sulfonamides is 1. The summed E-state index contributed by atoms with van der Waals surface area (Å²) in [5.41, 5.74) is 4.08. The van der Waals surface area contributed by atoms with Crippen LogP contribution in [0.15, 0.2) is 90.2 Å². The average molecular weight is 523 g/mol. The van der Waals surface area contributed by atoms with E-state index in [1.54, 1.807) is 22.8 Å². The van der Waals surface area contributed by atoms with E-state index >= 15 is 0 Å². The molecule has 0 fully saturated rings. The Bertz CT molecular complexity index is 1470. The molecule has 9 heteroatoms. The summed E-state index contributed by atoms with van der Waals surface area (Å²) in [7, 11) is -0.127. The van der Waals surface area contributed by atoms with Crippen molar-refractivity contribution in [2.75, 3.05) is 14.1 Å². The van der Waals surface area contributed by atoms with Crippen molar-refractivity contribution in [3.63, 3.8) is 0 Å². The van der Waals surface area contributed by atoms with Gasteiger partial charge < -0.3 is 9.47 Å². The second-order valence-corrected chi connectivity index (χ2v) is 10.8. The van der Waals surface area contributed by atoms with Gasteiger partial charge in [0.15, 0.2) is 11.4 Å². The Morgan fingerprint density at radius 3 is 2.58 bits per heavy atom. The second kappa shape index (κ2) is 10.7. The van der Waals surface area contributed by atoms with E-state index in [0.29, 0.717) is 29.7 Å². The summed E-state index contributed by atoms with van der Waals surface area (Å²) in [6.45, 7) is 0.272. The normalized spacial score (nSPS) is 15.6. The number of primary sulfonamides is 1. The molecule has 0 saturated heterocycles. The molecule has 1 aliphatic carbocycles. The first-order valence-corrected chi connectivity index (χ1v) is 13.3. The zero-order valence-corrected chi connectivity index (χ0v) is 21.6. The lowest BCUT2D eigenvalue weighted by molar-refractivity contribution is 0.111. The Labute approximate surface area is 216 Å². The molecule has 186 valence electrons. The minimum Gasteiger partial charge on any atom is -0.383 e. The van der Waals surface area contributed by atoms with Gasteiger partial charge in [0.05, 0.1) is 0 Å². The van der Waals surface area contributed by atoms with Crippen LogP contribution in [0.4, 0.5) is 0 Å². The topological polar surface area (TPSA) is 98.3 Å². The van der Waals surface area contributed by atoms with Crippen molar-refractivity contribution in [2.45, 2.75) is 18.2 Å². The largest absolute Gasteiger partial charge is 0.383 e. The van der Waals surface area contributed by atoms with Crippen molar-refractivity contribution in [1.29, 1.82) is 0 Å². The molecule has 0 bridgehead atoms. The van der Waals surface area contributed by atoms with Crippen LogP contribution < -0.4 is 5.14 Å². The molecule has 1 atom stereocenters. The van der Waals surface area contributed by atoms with E-state index in [-0.39, 0.29) is 17.4 Å². The fourth-order valence-electron chi connectivity index (χ4n) is 4.42. The number of halogens is 1. The lowest BCUT2D eigenvalue weighted by Crippen LogP contribution is -2.24. The van der Waals surface area contributed by atoms with Gasteiger partial charge in [0.2, 0.25) is 10.0 Å². The van der Waals surface area contributed by atoms with Gasteiger partial charge in [-0.05, 0) is 28.7 Å². The number of hydrogen-bond donors (Lipinski definition) is 1. The number of nitrogens with two attached hydrogens (primary N) is 1. The first-order valence-electron chi connectivity index (χ1n) is 11.3. The Kier molecular flexibility index (Phi) is 7.59. The van der Waals surface area contributed by atoms with Crippen molar-refractivity contribution in [2.24, 2.45) is 5.14 Å². The highest BCUT2D eigenvalue weighted by Gasteiger charge is 2.29. The quantitative estimate of drug-likeness (QED) is 0.431. The third-order valence-electron chi connectivity index (χ3n) is 5.82. The maximum atomic E-state index is 12.8.